The number of carbonyl (C=O) groups excluding carboxylic acids is 1. The first-order valence-corrected chi connectivity index (χ1v) is 14.1. The molecule has 5 aliphatic rings. The summed E-state index contributed by atoms with van der Waals surface area (Å²) in [4.78, 5) is 14.7. The standard InChI is InChI=1S/C30H36ClNO4/c1-18(2)25-11-21-12-28(17-32)24-10-9-19(3)23(24)13-29(21,27-35-16-22(14-31)36-27)30(25,28)26(33)34-15-20-7-5-4-6-8-20/h4-8,11,18-19,21-24,27H,9-10,12-16H2,1-3H3/t19-,21?,22?,23-,24-,27?,28?,29?,30?/m1/s1. The molecule has 0 radical (unpaired) electrons. The molecule has 0 spiro atoms. The molecule has 5 nitrogen and oxygen atoms in total. The summed E-state index contributed by atoms with van der Waals surface area (Å²) in [5.74, 6) is 1.26. The molecule has 36 heavy (non-hydrogen) atoms. The van der Waals surface area contributed by atoms with Crippen LogP contribution < -0.4 is 0 Å². The van der Waals surface area contributed by atoms with Crippen LogP contribution in [0.2, 0.25) is 0 Å². The van der Waals surface area contributed by atoms with E-state index in [-0.39, 0.29) is 36.4 Å². The van der Waals surface area contributed by atoms with Crippen molar-refractivity contribution in [3.05, 3.63) is 47.5 Å². The normalized spacial score (nSPS) is 44.4. The van der Waals surface area contributed by atoms with E-state index in [2.05, 4.69) is 32.9 Å². The van der Waals surface area contributed by atoms with Crippen LogP contribution in [0.15, 0.2) is 42.0 Å². The molecule has 192 valence electrons. The van der Waals surface area contributed by atoms with Gasteiger partial charge in [0.1, 0.15) is 12.0 Å². The van der Waals surface area contributed by atoms with E-state index in [1.54, 1.807) is 0 Å². The van der Waals surface area contributed by atoms with Gasteiger partial charge in [0.05, 0.1) is 30.1 Å². The van der Waals surface area contributed by atoms with Gasteiger partial charge in [-0.25, -0.2) is 0 Å². The Morgan fingerprint density at radius 3 is 2.69 bits per heavy atom. The molecule has 4 aliphatic carbocycles. The molecular weight excluding hydrogens is 474 g/mol. The molecule has 4 fully saturated rings. The van der Waals surface area contributed by atoms with E-state index >= 15 is 0 Å². The van der Waals surface area contributed by atoms with Crippen LogP contribution in [0.5, 0.6) is 0 Å². The summed E-state index contributed by atoms with van der Waals surface area (Å²) in [6.45, 7) is 7.19. The number of allylic oxidation sites excluding steroid dienone is 1. The van der Waals surface area contributed by atoms with Gasteiger partial charge in [0.2, 0.25) is 0 Å². The smallest absolute Gasteiger partial charge is 0.319 e. The second-order valence-electron chi connectivity index (χ2n) is 12.1. The van der Waals surface area contributed by atoms with Crippen LogP contribution in [-0.2, 0) is 25.6 Å². The molecule has 6 rings (SSSR count). The molecule has 1 heterocycles. The fourth-order valence-electron chi connectivity index (χ4n) is 9.20. The Morgan fingerprint density at radius 2 is 2.03 bits per heavy atom. The van der Waals surface area contributed by atoms with Crippen LogP contribution in [0.1, 0.15) is 52.0 Å². The molecule has 9 atom stereocenters. The third-order valence-corrected chi connectivity index (χ3v) is 10.8. The maximum Gasteiger partial charge on any atom is 0.319 e. The van der Waals surface area contributed by atoms with E-state index in [9.17, 15) is 10.1 Å². The van der Waals surface area contributed by atoms with Crippen LogP contribution in [0.4, 0.5) is 0 Å². The van der Waals surface area contributed by atoms with Crippen molar-refractivity contribution in [2.45, 2.75) is 65.5 Å². The fraction of sp³-hybridized carbons (Fsp3) is 0.667. The molecule has 1 aromatic carbocycles. The first-order chi connectivity index (χ1) is 17.4. The highest BCUT2D eigenvalue weighted by molar-refractivity contribution is 6.18. The van der Waals surface area contributed by atoms with E-state index in [1.807, 2.05) is 30.3 Å². The molecule has 0 amide bonds. The summed E-state index contributed by atoms with van der Waals surface area (Å²) in [7, 11) is 0. The lowest BCUT2D eigenvalue weighted by Crippen LogP contribution is -2.65. The number of benzene rings is 1. The molecule has 3 saturated carbocycles. The van der Waals surface area contributed by atoms with Crippen LogP contribution in [0.25, 0.3) is 0 Å². The van der Waals surface area contributed by atoms with Gasteiger partial charge in [-0.2, -0.15) is 5.26 Å². The van der Waals surface area contributed by atoms with Gasteiger partial charge in [-0.1, -0.05) is 69.2 Å². The van der Waals surface area contributed by atoms with Crippen molar-refractivity contribution in [3.63, 3.8) is 0 Å². The quantitative estimate of drug-likeness (QED) is 0.272. The highest BCUT2D eigenvalue weighted by atomic mass is 35.5. The second kappa shape index (κ2) is 8.58. The second-order valence-corrected chi connectivity index (χ2v) is 12.4. The van der Waals surface area contributed by atoms with Crippen molar-refractivity contribution < 1.29 is 19.0 Å². The van der Waals surface area contributed by atoms with Gasteiger partial charge in [0.25, 0.3) is 0 Å². The minimum Gasteiger partial charge on any atom is -0.460 e. The Morgan fingerprint density at radius 1 is 1.25 bits per heavy atom. The van der Waals surface area contributed by atoms with Crippen molar-refractivity contribution in [2.75, 3.05) is 12.5 Å². The molecule has 4 bridgehead atoms. The number of halogens is 1. The van der Waals surface area contributed by atoms with Crippen molar-refractivity contribution in [2.24, 2.45) is 45.8 Å². The Bertz CT molecular complexity index is 1110. The SMILES string of the molecule is CC(C)C1=CC2CC3(C#N)[C@@H]4CC[C@@H](C)[C@H]4CC2(C2OCC(CCl)O2)C13C(=O)OCc1ccccc1. The highest BCUT2D eigenvalue weighted by Crippen LogP contribution is 2.84. The molecule has 0 aromatic heterocycles. The van der Waals surface area contributed by atoms with Crippen molar-refractivity contribution >= 4 is 17.6 Å². The van der Waals surface area contributed by atoms with E-state index in [1.165, 1.54) is 0 Å². The van der Waals surface area contributed by atoms with Crippen LogP contribution in [0, 0.1) is 57.2 Å². The lowest BCUT2D eigenvalue weighted by Gasteiger charge is -2.59. The molecule has 1 saturated heterocycles. The lowest BCUT2D eigenvalue weighted by atomic mass is 9.42. The number of hydrogen-bond donors (Lipinski definition) is 0. The average Bonchev–Trinajstić information content (AvgIpc) is 3.62. The average molecular weight is 510 g/mol. The van der Waals surface area contributed by atoms with Crippen molar-refractivity contribution in [1.29, 1.82) is 5.26 Å². The number of hydrogen-bond acceptors (Lipinski definition) is 5. The predicted molar refractivity (Wildman–Crippen MR) is 136 cm³/mol. The van der Waals surface area contributed by atoms with Crippen LogP contribution in [-0.4, -0.2) is 30.9 Å². The van der Waals surface area contributed by atoms with Gasteiger partial charge in [-0.3, -0.25) is 4.79 Å². The summed E-state index contributed by atoms with van der Waals surface area (Å²) in [5.41, 5.74) is -0.564. The zero-order valence-electron chi connectivity index (χ0n) is 21.4. The van der Waals surface area contributed by atoms with Gasteiger partial charge in [-0.05, 0) is 54.4 Å². The monoisotopic (exact) mass is 509 g/mol. The number of nitriles is 1. The number of fused-ring (bicyclic) bond motifs is 2. The van der Waals surface area contributed by atoms with Crippen molar-refractivity contribution in [3.8, 4) is 6.07 Å². The van der Waals surface area contributed by atoms with Crippen molar-refractivity contribution in [1.82, 2.24) is 0 Å². The molecular formula is C30H36ClNO4. The van der Waals surface area contributed by atoms with E-state index in [0.29, 0.717) is 30.7 Å². The largest absolute Gasteiger partial charge is 0.460 e. The predicted octanol–water partition coefficient (Wildman–Crippen LogP) is 5.87. The number of nitrogens with zero attached hydrogens (tertiary/aromatic N) is 1. The van der Waals surface area contributed by atoms with E-state index in [0.717, 1.165) is 30.4 Å². The topological polar surface area (TPSA) is 68.5 Å². The van der Waals surface area contributed by atoms with Gasteiger partial charge in [-0.15, -0.1) is 11.6 Å². The highest BCUT2D eigenvalue weighted by Gasteiger charge is 2.87. The first-order valence-electron chi connectivity index (χ1n) is 13.5. The van der Waals surface area contributed by atoms with E-state index in [4.69, 9.17) is 25.8 Å². The summed E-state index contributed by atoms with van der Waals surface area (Å²) in [6.07, 6.45) is 5.08. The molecule has 6 heteroatoms. The molecule has 0 N–H and O–H groups in total. The van der Waals surface area contributed by atoms with Gasteiger partial charge < -0.3 is 14.2 Å². The Kier molecular flexibility index (Phi) is 5.83. The maximum atomic E-state index is 14.7. The summed E-state index contributed by atoms with van der Waals surface area (Å²) in [6, 6.07) is 12.6. The Labute approximate surface area is 219 Å². The number of alkyl halides is 1. The Balaban J connectivity index is 1.53. The molecule has 1 aromatic rings. The number of ether oxygens (including phenoxy) is 3. The van der Waals surface area contributed by atoms with Crippen LogP contribution in [0.3, 0.4) is 0 Å². The fourth-order valence-corrected chi connectivity index (χ4v) is 9.37. The van der Waals surface area contributed by atoms with E-state index < -0.39 is 22.5 Å². The molecule has 6 unspecified atom stereocenters. The summed E-state index contributed by atoms with van der Waals surface area (Å²) < 4.78 is 19.1. The number of rotatable bonds is 6. The summed E-state index contributed by atoms with van der Waals surface area (Å²) in [5, 5.41) is 11.1. The zero-order chi connectivity index (χ0) is 25.3. The van der Waals surface area contributed by atoms with Crippen LogP contribution >= 0.6 is 11.6 Å². The third-order valence-electron chi connectivity index (χ3n) is 10.5. The lowest BCUT2D eigenvalue weighted by molar-refractivity contribution is -0.231. The van der Waals surface area contributed by atoms with Gasteiger partial charge in [0, 0.05) is 5.41 Å². The van der Waals surface area contributed by atoms with Gasteiger partial charge in [0.15, 0.2) is 6.29 Å². The Hall–Kier alpha value is -1.87. The minimum atomic E-state index is -1.08. The first kappa shape index (κ1) is 24.5. The summed E-state index contributed by atoms with van der Waals surface area (Å²) >= 11 is 6.20. The zero-order valence-corrected chi connectivity index (χ0v) is 22.2. The third kappa shape index (κ3) is 2.87. The number of esters is 1. The minimum absolute atomic E-state index is 0.0377. The maximum absolute atomic E-state index is 14.7. The molecule has 1 aliphatic heterocycles. The number of carbonyl (C=O) groups is 1. The van der Waals surface area contributed by atoms with Gasteiger partial charge >= 0.3 is 5.97 Å².